The highest BCUT2D eigenvalue weighted by atomic mass is 32.2. The van der Waals surface area contributed by atoms with Crippen LogP contribution < -0.4 is 19.5 Å². The molecule has 200 valence electrons. The quantitative estimate of drug-likeness (QED) is 0.431. The van der Waals surface area contributed by atoms with Crippen molar-refractivity contribution in [3.05, 3.63) is 83.9 Å². The number of rotatable bonds is 8. The van der Waals surface area contributed by atoms with E-state index < -0.39 is 5.25 Å². The molecule has 0 aromatic heterocycles. The van der Waals surface area contributed by atoms with Gasteiger partial charge in [-0.05, 0) is 54.1 Å². The standard InChI is InChI=1S/C29H28N4O5S/c1-36-21-11-7-18(8-12-21)25-16-24(19-5-4-6-23(15-19)38-3)32-33(25)29-31-28(35)26(39-29)17-27(34)30-20-9-13-22(37-2)14-10-20/h4-15,25-26H,16-17H2,1-3H3,(H,30,34)/t25-,26-/m1/s1. The Kier molecular flexibility index (Phi) is 7.83. The summed E-state index contributed by atoms with van der Waals surface area (Å²) in [5.74, 6) is 1.57. The summed E-state index contributed by atoms with van der Waals surface area (Å²) in [5.41, 5.74) is 3.42. The molecule has 0 bridgehead atoms. The maximum Gasteiger partial charge on any atom is 0.262 e. The summed E-state index contributed by atoms with van der Waals surface area (Å²) < 4.78 is 15.9. The highest BCUT2D eigenvalue weighted by molar-refractivity contribution is 8.15. The number of thioether (sulfide) groups is 1. The first-order chi connectivity index (χ1) is 19.0. The second-order valence-electron chi connectivity index (χ2n) is 8.94. The fourth-order valence-corrected chi connectivity index (χ4v) is 5.47. The highest BCUT2D eigenvalue weighted by Gasteiger charge is 2.39. The van der Waals surface area contributed by atoms with Crippen molar-refractivity contribution < 1.29 is 23.8 Å². The molecule has 0 radical (unpaired) electrons. The van der Waals surface area contributed by atoms with E-state index in [1.807, 2.05) is 48.5 Å². The second-order valence-corrected chi connectivity index (χ2v) is 10.1. The smallest absolute Gasteiger partial charge is 0.262 e. The van der Waals surface area contributed by atoms with Crippen LogP contribution in [0.15, 0.2) is 82.9 Å². The van der Waals surface area contributed by atoms with Gasteiger partial charge in [-0.1, -0.05) is 36.0 Å². The lowest BCUT2D eigenvalue weighted by Crippen LogP contribution is -2.25. The molecule has 2 atom stereocenters. The predicted octanol–water partition coefficient (Wildman–Crippen LogP) is 4.89. The molecule has 10 heteroatoms. The van der Waals surface area contributed by atoms with Gasteiger partial charge in [0.25, 0.3) is 5.91 Å². The number of benzene rings is 3. The van der Waals surface area contributed by atoms with Crippen molar-refractivity contribution in [2.75, 3.05) is 26.6 Å². The zero-order chi connectivity index (χ0) is 27.4. The number of nitrogens with one attached hydrogen (secondary N) is 1. The van der Waals surface area contributed by atoms with Crippen LogP contribution in [-0.4, -0.2) is 54.3 Å². The van der Waals surface area contributed by atoms with Crippen LogP contribution in [0.3, 0.4) is 0 Å². The maximum atomic E-state index is 12.9. The van der Waals surface area contributed by atoms with E-state index in [4.69, 9.17) is 19.3 Å². The van der Waals surface area contributed by atoms with Crippen molar-refractivity contribution in [3.63, 3.8) is 0 Å². The molecule has 3 aromatic carbocycles. The van der Waals surface area contributed by atoms with Gasteiger partial charge in [-0.2, -0.15) is 10.1 Å². The van der Waals surface area contributed by atoms with Crippen LogP contribution in [0.2, 0.25) is 0 Å². The van der Waals surface area contributed by atoms with Crippen molar-refractivity contribution in [3.8, 4) is 17.2 Å². The van der Waals surface area contributed by atoms with E-state index in [9.17, 15) is 9.59 Å². The Morgan fingerprint density at radius 3 is 2.28 bits per heavy atom. The van der Waals surface area contributed by atoms with Gasteiger partial charge < -0.3 is 19.5 Å². The molecule has 1 N–H and O–H groups in total. The minimum absolute atomic E-state index is 0.00394. The largest absolute Gasteiger partial charge is 0.497 e. The molecule has 2 amide bonds. The fourth-order valence-electron chi connectivity index (χ4n) is 4.41. The first-order valence-corrected chi connectivity index (χ1v) is 13.2. The van der Waals surface area contributed by atoms with Crippen LogP contribution in [0.5, 0.6) is 17.2 Å². The van der Waals surface area contributed by atoms with E-state index in [2.05, 4.69) is 10.3 Å². The monoisotopic (exact) mass is 544 g/mol. The second kappa shape index (κ2) is 11.6. The Balaban J connectivity index is 1.34. The molecule has 9 nitrogen and oxygen atoms in total. The average molecular weight is 545 g/mol. The molecule has 39 heavy (non-hydrogen) atoms. The van der Waals surface area contributed by atoms with Gasteiger partial charge >= 0.3 is 0 Å². The molecule has 2 aliphatic rings. The summed E-state index contributed by atoms with van der Waals surface area (Å²) in [6.07, 6.45) is 0.603. The van der Waals surface area contributed by atoms with Crippen molar-refractivity contribution >= 4 is 40.1 Å². The van der Waals surface area contributed by atoms with Crippen LogP contribution in [-0.2, 0) is 9.59 Å². The first-order valence-electron chi connectivity index (χ1n) is 12.4. The number of carbonyl (C=O) groups excluding carboxylic acids is 2. The van der Waals surface area contributed by atoms with Gasteiger partial charge in [0.2, 0.25) is 5.91 Å². The van der Waals surface area contributed by atoms with Crippen LogP contribution in [0.25, 0.3) is 0 Å². The molecule has 5 rings (SSSR count). The molecule has 0 saturated heterocycles. The lowest BCUT2D eigenvalue weighted by Gasteiger charge is -2.23. The summed E-state index contributed by atoms with van der Waals surface area (Å²) in [6.45, 7) is 0. The van der Waals surface area contributed by atoms with Gasteiger partial charge in [-0.25, -0.2) is 5.01 Å². The summed E-state index contributed by atoms with van der Waals surface area (Å²) in [6, 6.07) is 22.4. The Bertz CT molecular complexity index is 1420. The van der Waals surface area contributed by atoms with Crippen LogP contribution in [0.1, 0.15) is 30.0 Å². The van der Waals surface area contributed by atoms with Crippen molar-refractivity contribution in [2.45, 2.75) is 24.1 Å². The molecule has 0 unspecified atom stereocenters. The van der Waals surface area contributed by atoms with Gasteiger partial charge in [0.15, 0.2) is 5.17 Å². The molecular weight excluding hydrogens is 516 g/mol. The molecular formula is C29H28N4O5S. The third-order valence-electron chi connectivity index (χ3n) is 6.48. The van der Waals surface area contributed by atoms with Crippen molar-refractivity contribution in [1.82, 2.24) is 5.01 Å². The Labute approximate surface area is 230 Å². The molecule has 0 aliphatic carbocycles. The number of aliphatic imine (C=N–C) groups is 1. The normalized spacial score (nSPS) is 18.4. The molecule has 0 fully saturated rings. The number of amidine groups is 1. The lowest BCUT2D eigenvalue weighted by atomic mass is 9.98. The number of ether oxygens (including phenoxy) is 3. The van der Waals surface area contributed by atoms with E-state index in [0.717, 1.165) is 28.3 Å². The third kappa shape index (κ3) is 5.91. The zero-order valence-electron chi connectivity index (χ0n) is 21.8. The summed E-state index contributed by atoms with van der Waals surface area (Å²) in [4.78, 5) is 29.9. The van der Waals surface area contributed by atoms with Gasteiger partial charge in [-0.3, -0.25) is 9.59 Å². The summed E-state index contributed by atoms with van der Waals surface area (Å²) in [7, 11) is 4.83. The van der Waals surface area contributed by atoms with Crippen molar-refractivity contribution in [1.29, 1.82) is 0 Å². The Hall–Kier alpha value is -4.31. The molecule has 0 spiro atoms. The topological polar surface area (TPSA) is 102 Å². The first kappa shape index (κ1) is 26.3. The van der Waals surface area contributed by atoms with E-state index in [0.29, 0.717) is 23.0 Å². The Morgan fingerprint density at radius 1 is 0.949 bits per heavy atom. The van der Waals surface area contributed by atoms with E-state index in [-0.39, 0.29) is 24.3 Å². The number of hydrogen-bond donors (Lipinski definition) is 1. The van der Waals surface area contributed by atoms with Crippen molar-refractivity contribution in [2.24, 2.45) is 10.1 Å². The lowest BCUT2D eigenvalue weighted by molar-refractivity contribution is -0.121. The highest BCUT2D eigenvalue weighted by Crippen LogP contribution is 2.39. The maximum absolute atomic E-state index is 12.9. The molecule has 3 aromatic rings. The number of amides is 2. The summed E-state index contributed by atoms with van der Waals surface area (Å²) >= 11 is 1.26. The minimum Gasteiger partial charge on any atom is -0.497 e. The van der Waals surface area contributed by atoms with E-state index in [1.54, 1.807) is 50.6 Å². The van der Waals surface area contributed by atoms with Gasteiger partial charge in [-0.15, -0.1) is 0 Å². The van der Waals surface area contributed by atoms with E-state index >= 15 is 0 Å². The number of anilines is 1. The van der Waals surface area contributed by atoms with Crippen LogP contribution in [0, 0.1) is 0 Å². The van der Waals surface area contributed by atoms with Crippen LogP contribution in [0.4, 0.5) is 5.69 Å². The van der Waals surface area contributed by atoms with Gasteiger partial charge in [0, 0.05) is 24.1 Å². The van der Waals surface area contributed by atoms with Gasteiger partial charge in [0.05, 0.1) is 33.1 Å². The number of nitrogens with zero attached hydrogens (tertiary/aromatic N) is 3. The number of hydrazone groups is 1. The average Bonchev–Trinajstić information content (AvgIpc) is 3.57. The van der Waals surface area contributed by atoms with Crippen LogP contribution >= 0.6 is 11.8 Å². The molecule has 2 aliphatic heterocycles. The minimum atomic E-state index is -0.633. The SMILES string of the molecule is COc1ccc(NC(=O)C[C@H]2SC(N3N=C(c4cccc(OC)c4)C[C@@H]3c3ccc(OC)cc3)=NC2=O)cc1. The zero-order valence-corrected chi connectivity index (χ0v) is 22.6. The molecule has 0 saturated carbocycles. The van der Waals surface area contributed by atoms with E-state index in [1.165, 1.54) is 11.8 Å². The molecule has 2 heterocycles. The third-order valence-corrected chi connectivity index (χ3v) is 7.63. The number of hydrogen-bond acceptors (Lipinski definition) is 8. The van der Waals surface area contributed by atoms with Gasteiger partial charge in [0.1, 0.15) is 22.5 Å². The Morgan fingerprint density at radius 2 is 1.62 bits per heavy atom. The number of methoxy groups -OCH3 is 3. The fraction of sp³-hybridized carbons (Fsp3) is 0.241. The number of carbonyl (C=O) groups is 2. The predicted molar refractivity (Wildman–Crippen MR) is 152 cm³/mol. The summed E-state index contributed by atoms with van der Waals surface area (Å²) in [5, 5.41) is 9.36.